The molecule has 1 unspecified atom stereocenters. The highest BCUT2D eigenvalue weighted by Gasteiger charge is 2.34. The lowest BCUT2D eigenvalue weighted by atomic mass is 9.81. The van der Waals surface area contributed by atoms with Crippen molar-refractivity contribution in [1.82, 2.24) is 9.80 Å². The summed E-state index contributed by atoms with van der Waals surface area (Å²) in [5.41, 5.74) is 8.59. The summed E-state index contributed by atoms with van der Waals surface area (Å²) < 4.78 is 6.10. The molecule has 7 nitrogen and oxygen atoms in total. The molecule has 2 aromatic rings. The summed E-state index contributed by atoms with van der Waals surface area (Å²) >= 11 is 0. The molecular formula is C32H44N4O3. The summed E-state index contributed by atoms with van der Waals surface area (Å²) in [4.78, 5) is 22.5. The molecule has 1 amide bonds. The predicted octanol–water partition coefficient (Wildman–Crippen LogP) is 6.12. The molecule has 2 saturated carbocycles. The molecule has 3 aliphatic rings. The van der Waals surface area contributed by atoms with Crippen molar-refractivity contribution in [2.45, 2.75) is 95.7 Å². The van der Waals surface area contributed by atoms with Gasteiger partial charge in [0.05, 0.1) is 12.3 Å². The van der Waals surface area contributed by atoms with Gasteiger partial charge >= 0.3 is 0 Å². The van der Waals surface area contributed by atoms with Gasteiger partial charge in [0.25, 0.3) is 0 Å². The highest BCUT2D eigenvalue weighted by atomic mass is 16.5. The van der Waals surface area contributed by atoms with Crippen LogP contribution in [-0.4, -0.2) is 52.0 Å². The maximum absolute atomic E-state index is 13.5. The fourth-order valence-corrected chi connectivity index (χ4v) is 6.82. The van der Waals surface area contributed by atoms with Crippen molar-refractivity contribution in [2.75, 3.05) is 13.2 Å². The number of hydrogen-bond acceptors (Lipinski definition) is 6. The number of aliphatic hydroxyl groups is 1. The molecule has 1 atom stereocenters. The molecule has 2 fully saturated rings. The van der Waals surface area contributed by atoms with Gasteiger partial charge in [0, 0.05) is 37.2 Å². The highest BCUT2D eigenvalue weighted by molar-refractivity contribution is 5.84. The van der Waals surface area contributed by atoms with Gasteiger partial charge in [0.15, 0.2) is 5.96 Å². The predicted molar refractivity (Wildman–Crippen MR) is 155 cm³/mol. The molecule has 0 spiro atoms. The van der Waals surface area contributed by atoms with E-state index in [-0.39, 0.29) is 24.6 Å². The number of nitrogens with zero attached hydrogens (tertiary/aromatic N) is 3. The van der Waals surface area contributed by atoms with Crippen LogP contribution in [0.1, 0.15) is 82.6 Å². The largest absolute Gasteiger partial charge is 0.457 e. The van der Waals surface area contributed by atoms with Gasteiger partial charge in [-0.3, -0.25) is 4.79 Å². The smallest absolute Gasteiger partial charge is 0.222 e. The van der Waals surface area contributed by atoms with Crippen LogP contribution < -0.4 is 10.5 Å². The van der Waals surface area contributed by atoms with Gasteiger partial charge in [-0.2, -0.15) is 0 Å². The Balaban J connectivity index is 1.32. The van der Waals surface area contributed by atoms with Crippen LogP contribution in [0.5, 0.6) is 11.5 Å². The average molecular weight is 533 g/mol. The number of aliphatic hydroxyl groups excluding tert-OH is 1. The van der Waals surface area contributed by atoms with Crippen LogP contribution in [0.25, 0.3) is 0 Å². The number of amides is 1. The second kappa shape index (κ2) is 13.3. The monoisotopic (exact) mass is 532 g/mol. The van der Waals surface area contributed by atoms with Crippen LogP contribution >= 0.6 is 0 Å². The Labute approximate surface area is 233 Å². The van der Waals surface area contributed by atoms with E-state index in [1.165, 1.54) is 38.5 Å². The van der Waals surface area contributed by atoms with Crippen LogP contribution in [-0.2, 0) is 11.3 Å². The molecule has 3 N–H and O–H groups in total. The SMILES string of the molecule is NC1=Nc2ccc(Oc3ccccc3)cc2CN1C(CCC(=O)N(CCO)C1CCCCC1)C1CCCCC1. The number of nitrogens with two attached hydrogens (primary N) is 1. The first kappa shape index (κ1) is 27.5. The first-order chi connectivity index (χ1) is 19.1. The van der Waals surface area contributed by atoms with Crippen molar-refractivity contribution >= 4 is 17.6 Å². The summed E-state index contributed by atoms with van der Waals surface area (Å²) in [6.45, 7) is 1.11. The van der Waals surface area contributed by atoms with E-state index >= 15 is 0 Å². The summed E-state index contributed by atoms with van der Waals surface area (Å²) in [5, 5.41) is 9.70. The average Bonchev–Trinajstić information content (AvgIpc) is 2.98. The molecule has 0 radical (unpaired) electrons. The van der Waals surface area contributed by atoms with E-state index in [0.717, 1.165) is 54.9 Å². The lowest BCUT2D eigenvalue weighted by Crippen LogP contribution is -2.50. The van der Waals surface area contributed by atoms with Crippen molar-refractivity contribution in [3.8, 4) is 11.5 Å². The lowest BCUT2D eigenvalue weighted by Gasteiger charge is -2.42. The molecule has 5 rings (SSSR count). The molecule has 0 bridgehead atoms. The van der Waals surface area contributed by atoms with E-state index in [2.05, 4.69) is 11.0 Å². The third kappa shape index (κ3) is 6.93. The van der Waals surface area contributed by atoms with E-state index in [1.807, 2.05) is 47.4 Å². The molecule has 1 heterocycles. The number of hydrogen-bond donors (Lipinski definition) is 2. The zero-order valence-corrected chi connectivity index (χ0v) is 23.1. The minimum atomic E-state index is 0.0180. The minimum Gasteiger partial charge on any atom is -0.457 e. The number of ether oxygens (including phenoxy) is 1. The van der Waals surface area contributed by atoms with E-state index in [1.54, 1.807) is 0 Å². The molecule has 0 saturated heterocycles. The first-order valence-corrected chi connectivity index (χ1v) is 15.0. The summed E-state index contributed by atoms with van der Waals surface area (Å²) in [5.74, 6) is 2.79. The number of fused-ring (bicyclic) bond motifs is 1. The van der Waals surface area contributed by atoms with Crippen molar-refractivity contribution < 1.29 is 14.6 Å². The van der Waals surface area contributed by atoms with Gasteiger partial charge in [-0.1, -0.05) is 56.7 Å². The van der Waals surface area contributed by atoms with Gasteiger partial charge in [-0.05, 0) is 68.4 Å². The number of para-hydroxylation sites is 1. The number of aliphatic imine (C=N–C) groups is 1. The maximum atomic E-state index is 13.5. The third-order valence-corrected chi connectivity index (χ3v) is 8.82. The third-order valence-electron chi connectivity index (χ3n) is 8.82. The van der Waals surface area contributed by atoms with E-state index in [9.17, 15) is 9.90 Å². The molecule has 210 valence electrons. The molecule has 2 aliphatic carbocycles. The summed E-state index contributed by atoms with van der Waals surface area (Å²) in [7, 11) is 0. The first-order valence-electron chi connectivity index (χ1n) is 15.0. The van der Waals surface area contributed by atoms with Gasteiger partial charge in [0.2, 0.25) is 5.91 Å². The standard InChI is InChI=1S/C32H44N4O3/c33-32-34-29-17-16-28(39-27-14-8-3-9-15-27)22-25(29)23-36(32)30(24-10-4-1-5-11-24)18-19-31(38)35(20-21-37)26-12-6-2-7-13-26/h3,8-9,14-17,22,24,26,30,37H,1-2,4-7,10-13,18-21,23H2,(H2,33,34). The summed E-state index contributed by atoms with van der Waals surface area (Å²) in [6.07, 6.45) is 13.0. The second-order valence-electron chi connectivity index (χ2n) is 11.4. The number of guanidine groups is 1. The molecule has 1 aliphatic heterocycles. The fraction of sp³-hybridized carbons (Fsp3) is 0.562. The topological polar surface area (TPSA) is 91.4 Å². The Morgan fingerprint density at radius 3 is 2.44 bits per heavy atom. The Morgan fingerprint density at radius 1 is 1.00 bits per heavy atom. The van der Waals surface area contributed by atoms with Gasteiger partial charge in [0.1, 0.15) is 11.5 Å². The molecule has 7 heteroatoms. The zero-order valence-electron chi connectivity index (χ0n) is 23.1. The summed E-state index contributed by atoms with van der Waals surface area (Å²) in [6, 6.07) is 16.2. The molecule has 2 aromatic carbocycles. The number of carbonyl (C=O) groups excluding carboxylic acids is 1. The van der Waals surface area contributed by atoms with Crippen molar-refractivity contribution in [3.05, 3.63) is 54.1 Å². The van der Waals surface area contributed by atoms with Crippen molar-refractivity contribution in [2.24, 2.45) is 16.6 Å². The number of rotatable bonds is 10. The Bertz CT molecular complexity index is 1110. The van der Waals surface area contributed by atoms with Crippen LogP contribution in [0, 0.1) is 5.92 Å². The Morgan fingerprint density at radius 2 is 1.72 bits per heavy atom. The van der Waals surface area contributed by atoms with Crippen molar-refractivity contribution in [1.29, 1.82) is 0 Å². The van der Waals surface area contributed by atoms with Gasteiger partial charge in [-0.25, -0.2) is 4.99 Å². The zero-order chi connectivity index (χ0) is 27.0. The van der Waals surface area contributed by atoms with Crippen molar-refractivity contribution in [3.63, 3.8) is 0 Å². The minimum absolute atomic E-state index is 0.0180. The van der Waals surface area contributed by atoms with E-state index in [0.29, 0.717) is 31.4 Å². The number of carbonyl (C=O) groups is 1. The number of benzene rings is 2. The van der Waals surface area contributed by atoms with Crippen LogP contribution in [0.2, 0.25) is 0 Å². The normalized spacial score (nSPS) is 19.2. The maximum Gasteiger partial charge on any atom is 0.222 e. The quantitative estimate of drug-likeness (QED) is 0.384. The van der Waals surface area contributed by atoms with E-state index < -0.39 is 0 Å². The van der Waals surface area contributed by atoms with Gasteiger partial charge in [-0.15, -0.1) is 0 Å². The van der Waals surface area contributed by atoms with Gasteiger partial charge < -0.3 is 25.4 Å². The second-order valence-corrected chi connectivity index (χ2v) is 11.4. The molecule has 39 heavy (non-hydrogen) atoms. The molecular weight excluding hydrogens is 488 g/mol. The highest BCUT2D eigenvalue weighted by Crippen LogP contribution is 2.37. The Kier molecular flexibility index (Phi) is 9.40. The van der Waals surface area contributed by atoms with Crippen LogP contribution in [0.3, 0.4) is 0 Å². The molecule has 0 aromatic heterocycles. The lowest BCUT2D eigenvalue weighted by molar-refractivity contribution is -0.135. The van der Waals surface area contributed by atoms with Crippen LogP contribution in [0.15, 0.2) is 53.5 Å². The Hall–Kier alpha value is -3.06. The fourth-order valence-electron chi connectivity index (χ4n) is 6.82. The van der Waals surface area contributed by atoms with E-state index in [4.69, 9.17) is 15.5 Å². The van der Waals surface area contributed by atoms with Crippen LogP contribution in [0.4, 0.5) is 5.69 Å².